The van der Waals surface area contributed by atoms with Gasteiger partial charge < -0.3 is 4.74 Å². The highest BCUT2D eigenvalue weighted by Crippen LogP contribution is 2.22. The molecular formula is C16H10Cl2F2O2. The van der Waals surface area contributed by atoms with Crippen molar-refractivity contribution in [2.24, 2.45) is 0 Å². The number of halogens is 4. The Morgan fingerprint density at radius 2 is 1.77 bits per heavy atom. The summed E-state index contributed by atoms with van der Waals surface area (Å²) in [6.07, 6.45) is 2.91. The molecular weight excluding hydrogens is 333 g/mol. The number of hydrogen-bond acceptors (Lipinski definition) is 2. The van der Waals surface area contributed by atoms with E-state index in [9.17, 15) is 13.6 Å². The zero-order valence-corrected chi connectivity index (χ0v) is 12.6. The molecule has 2 rings (SSSR count). The van der Waals surface area contributed by atoms with Crippen LogP contribution in [0.2, 0.25) is 10.0 Å². The van der Waals surface area contributed by atoms with Gasteiger partial charge in [0.15, 0.2) is 5.78 Å². The topological polar surface area (TPSA) is 26.3 Å². The molecule has 0 saturated carbocycles. The van der Waals surface area contributed by atoms with Gasteiger partial charge in [0.2, 0.25) is 0 Å². The Hall–Kier alpha value is -1.91. The lowest BCUT2D eigenvalue weighted by Gasteiger charge is -2.04. The summed E-state index contributed by atoms with van der Waals surface area (Å²) >= 11 is 11.8. The number of ether oxygens (including phenoxy) is 1. The predicted molar refractivity (Wildman–Crippen MR) is 82.9 cm³/mol. The second-order valence-electron chi connectivity index (χ2n) is 4.27. The monoisotopic (exact) mass is 342 g/mol. The van der Waals surface area contributed by atoms with Gasteiger partial charge in [-0.2, -0.15) is 8.78 Å². The maximum absolute atomic E-state index is 12.0. The standard InChI is InChI=1S/C16H10Cl2F2O2/c17-12-5-1-10(14(18)9-12)4-8-15(21)11-2-6-13(7-3-11)22-16(19)20/h1-9,16H/b8-4+. The van der Waals surface area contributed by atoms with E-state index in [0.717, 1.165) is 0 Å². The van der Waals surface area contributed by atoms with Crippen molar-refractivity contribution in [1.29, 1.82) is 0 Å². The minimum Gasteiger partial charge on any atom is -0.435 e. The zero-order valence-electron chi connectivity index (χ0n) is 11.1. The van der Waals surface area contributed by atoms with Crippen LogP contribution in [-0.2, 0) is 0 Å². The van der Waals surface area contributed by atoms with Gasteiger partial charge >= 0.3 is 6.61 Å². The van der Waals surface area contributed by atoms with Crippen LogP contribution in [-0.4, -0.2) is 12.4 Å². The Labute approximate surface area is 135 Å². The van der Waals surface area contributed by atoms with Gasteiger partial charge in [0, 0.05) is 15.6 Å². The van der Waals surface area contributed by atoms with Crippen molar-refractivity contribution in [2.75, 3.05) is 0 Å². The fraction of sp³-hybridized carbons (Fsp3) is 0.0625. The highest BCUT2D eigenvalue weighted by molar-refractivity contribution is 6.35. The van der Waals surface area contributed by atoms with Gasteiger partial charge in [-0.1, -0.05) is 29.3 Å². The van der Waals surface area contributed by atoms with Gasteiger partial charge in [0.25, 0.3) is 0 Å². The number of rotatable bonds is 5. The summed E-state index contributed by atoms with van der Waals surface area (Å²) in [5.74, 6) is -0.286. The van der Waals surface area contributed by atoms with E-state index in [2.05, 4.69) is 4.74 Å². The molecule has 6 heteroatoms. The first-order valence-corrected chi connectivity index (χ1v) is 6.93. The van der Waals surface area contributed by atoms with Crippen molar-refractivity contribution in [1.82, 2.24) is 0 Å². The third kappa shape index (κ3) is 4.55. The quantitative estimate of drug-likeness (QED) is 0.530. The Morgan fingerprint density at radius 1 is 1.09 bits per heavy atom. The third-order valence-electron chi connectivity index (χ3n) is 2.74. The van der Waals surface area contributed by atoms with Crippen LogP contribution in [0.3, 0.4) is 0 Å². The number of carbonyl (C=O) groups is 1. The van der Waals surface area contributed by atoms with E-state index in [0.29, 0.717) is 21.2 Å². The third-order valence-corrected chi connectivity index (χ3v) is 3.30. The summed E-state index contributed by atoms with van der Waals surface area (Å²) in [4.78, 5) is 12.0. The van der Waals surface area contributed by atoms with Crippen LogP contribution in [0, 0.1) is 0 Å². The molecule has 0 radical (unpaired) electrons. The second-order valence-corrected chi connectivity index (χ2v) is 5.11. The van der Waals surface area contributed by atoms with Crippen LogP contribution in [0.25, 0.3) is 6.08 Å². The molecule has 0 heterocycles. The molecule has 0 aliphatic rings. The van der Waals surface area contributed by atoms with E-state index in [1.54, 1.807) is 24.3 Å². The maximum Gasteiger partial charge on any atom is 0.387 e. The molecule has 0 N–H and O–H groups in total. The molecule has 0 saturated heterocycles. The number of hydrogen-bond donors (Lipinski definition) is 0. The number of carbonyl (C=O) groups excluding carboxylic acids is 1. The summed E-state index contributed by atoms with van der Waals surface area (Å²) in [6.45, 7) is -2.89. The van der Waals surface area contributed by atoms with Crippen molar-refractivity contribution in [3.63, 3.8) is 0 Å². The summed E-state index contributed by atoms with van der Waals surface area (Å²) in [7, 11) is 0. The van der Waals surface area contributed by atoms with Gasteiger partial charge in [0.1, 0.15) is 5.75 Å². The second kappa shape index (κ2) is 7.38. The number of ketones is 1. The molecule has 2 aromatic carbocycles. The molecule has 2 aromatic rings. The van der Waals surface area contributed by atoms with Crippen LogP contribution >= 0.6 is 23.2 Å². The highest BCUT2D eigenvalue weighted by atomic mass is 35.5. The molecule has 0 atom stereocenters. The molecule has 0 fully saturated rings. The number of alkyl halides is 2. The summed E-state index contributed by atoms with van der Waals surface area (Å²) in [5.41, 5.74) is 1.00. The molecule has 2 nitrogen and oxygen atoms in total. The Balaban J connectivity index is 2.09. The van der Waals surface area contributed by atoms with Crippen LogP contribution in [0.15, 0.2) is 48.5 Å². The lowest BCUT2D eigenvalue weighted by atomic mass is 10.1. The summed E-state index contributed by atoms with van der Waals surface area (Å²) in [5, 5.41) is 0.931. The average Bonchev–Trinajstić information content (AvgIpc) is 2.46. The zero-order chi connectivity index (χ0) is 16.1. The molecule has 0 bridgehead atoms. The minimum atomic E-state index is -2.89. The summed E-state index contributed by atoms with van der Waals surface area (Å²) in [6, 6.07) is 10.4. The van der Waals surface area contributed by atoms with E-state index in [-0.39, 0.29) is 11.5 Å². The van der Waals surface area contributed by atoms with E-state index in [4.69, 9.17) is 23.2 Å². The molecule has 0 unspecified atom stereocenters. The lowest BCUT2D eigenvalue weighted by Crippen LogP contribution is -2.02. The Morgan fingerprint density at radius 3 is 2.36 bits per heavy atom. The highest BCUT2D eigenvalue weighted by Gasteiger charge is 2.06. The minimum absolute atomic E-state index is 0.00345. The van der Waals surface area contributed by atoms with E-state index < -0.39 is 6.61 Å². The fourth-order valence-electron chi connectivity index (χ4n) is 1.70. The van der Waals surface area contributed by atoms with Crippen LogP contribution in [0.4, 0.5) is 8.78 Å². The fourth-order valence-corrected chi connectivity index (χ4v) is 2.17. The summed E-state index contributed by atoms with van der Waals surface area (Å²) < 4.78 is 28.3. The Bertz CT molecular complexity index is 698. The number of allylic oxidation sites excluding steroid dienone is 1. The van der Waals surface area contributed by atoms with Crippen molar-refractivity contribution in [3.05, 3.63) is 69.7 Å². The first-order valence-electron chi connectivity index (χ1n) is 6.18. The van der Waals surface area contributed by atoms with Crippen molar-refractivity contribution >= 4 is 35.1 Å². The molecule has 0 aliphatic carbocycles. The van der Waals surface area contributed by atoms with Crippen molar-refractivity contribution in [3.8, 4) is 5.75 Å². The molecule has 0 aliphatic heterocycles. The van der Waals surface area contributed by atoms with E-state index in [1.165, 1.54) is 30.3 Å². The molecule has 114 valence electrons. The first-order chi connectivity index (χ1) is 10.5. The predicted octanol–water partition coefficient (Wildman–Crippen LogP) is 5.49. The molecule has 0 spiro atoms. The maximum atomic E-state index is 12.0. The van der Waals surface area contributed by atoms with Gasteiger partial charge in [-0.3, -0.25) is 4.79 Å². The largest absolute Gasteiger partial charge is 0.435 e. The van der Waals surface area contributed by atoms with Crippen LogP contribution in [0.1, 0.15) is 15.9 Å². The van der Waals surface area contributed by atoms with Gasteiger partial charge in [0.05, 0.1) is 0 Å². The van der Waals surface area contributed by atoms with Gasteiger partial charge in [-0.05, 0) is 54.1 Å². The lowest BCUT2D eigenvalue weighted by molar-refractivity contribution is -0.0498. The van der Waals surface area contributed by atoms with Crippen molar-refractivity contribution < 1.29 is 18.3 Å². The number of benzene rings is 2. The van der Waals surface area contributed by atoms with E-state index >= 15 is 0 Å². The first kappa shape index (κ1) is 16.5. The van der Waals surface area contributed by atoms with E-state index in [1.807, 2.05) is 0 Å². The molecule has 0 aromatic heterocycles. The smallest absolute Gasteiger partial charge is 0.387 e. The normalized spacial score (nSPS) is 11.1. The van der Waals surface area contributed by atoms with Crippen molar-refractivity contribution in [2.45, 2.75) is 6.61 Å². The Kier molecular flexibility index (Phi) is 5.52. The van der Waals surface area contributed by atoms with Crippen LogP contribution < -0.4 is 4.74 Å². The van der Waals surface area contributed by atoms with Gasteiger partial charge in [-0.25, -0.2) is 0 Å². The molecule has 22 heavy (non-hydrogen) atoms. The average molecular weight is 343 g/mol. The van der Waals surface area contributed by atoms with Crippen LogP contribution in [0.5, 0.6) is 5.75 Å². The molecule has 0 amide bonds. The van der Waals surface area contributed by atoms with Gasteiger partial charge in [-0.15, -0.1) is 0 Å². The SMILES string of the molecule is O=C(/C=C/c1ccc(Cl)cc1Cl)c1ccc(OC(F)F)cc1.